The number of rotatable bonds is 0. The number of aryl methyl sites for hydroxylation is 2. The predicted octanol–water partition coefficient (Wildman–Crippen LogP) is 28.9. The van der Waals surface area contributed by atoms with Crippen LogP contribution in [-0.4, -0.2) is 0 Å². The van der Waals surface area contributed by atoms with Crippen molar-refractivity contribution in [3.63, 3.8) is 0 Å². The van der Waals surface area contributed by atoms with E-state index < -0.39 is 45.7 Å². The van der Waals surface area contributed by atoms with Gasteiger partial charge in [-0.05, 0) is 188 Å². The molecule has 1 nitrogen and oxygen atoms in total. The molecular formula is C90H122F8OS. The van der Waals surface area contributed by atoms with Crippen molar-refractivity contribution in [2.24, 2.45) is 0 Å². The van der Waals surface area contributed by atoms with Crippen LogP contribution in [0.25, 0.3) is 0 Å². The van der Waals surface area contributed by atoms with E-state index in [1.165, 1.54) is 77.5 Å². The van der Waals surface area contributed by atoms with E-state index in [9.17, 15) is 35.1 Å². The number of hydrogen-bond acceptors (Lipinski definition) is 2. The minimum atomic E-state index is -0.484. The Labute approximate surface area is 610 Å². The lowest BCUT2D eigenvalue weighted by Crippen LogP contribution is -2.16. The molecule has 0 atom stereocenters. The zero-order valence-corrected chi connectivity index (χ0v) is 67.1. The summed E-state index contributed by atoms with van der Waals surface area (Å²) in [5.74, 6) is -2.00. The molecule has 0 bridgehead atoms. The molecular weight excluding hydrogens is 1280 g/mol. The second-order valence-corrected chi connectivity index (χ2v) is 35.3. The quantitative estimate of drug-likeness (QED) is 0.138. The second kappa shape index (κ2) is 38.3. The monoisotopic (exact) mass is 1410 g/mol. The van der Waals surface area contributed by atoms with Crippen LogP contribution in [0.5, 0.6) is 0 Å². The van der Waals surface area contributed by atoms with Crippen molar-refractivity contribution >= 4 is 11.3 Å². The van der Waals surface area contributed by atoms with Crippen LogP contribution in [0.4, 0.5) is 35.1 Å². The molecule has 9 rings (SSSR count). The summed E-state index contributed by atoms with van der Waals surface area (Å²) in [6, 6.07) is 40.6. The van der Waals surface area contributed by atoms with Gasteiger partial charge < -0.3 is 4.42 Å². The fourth-order valence-corrected chi connectivity index (χ4v) is 9.80. The van der Waals surface area contributed by atoms with Crippen LogP contribution >= 0.6 is 11.3 Å². The van der Waals surface area contributed by atoms with Crippen LogP contribution in [0, 0.1) is 74.2 Å². The SMILES string of the molecule is CC(C)(C)c1c(F)cccc1F.CC(C)(C)c1ccc(F)cc1.CC(C)(C)c1ccccc1.CC(C)(C)c1ccco1.CC(C)(C)c1cccs1.Cc1c(F)cc(C(C)(C)C)cc1F.Cc1cc(F)c(C(C)(C)C)c(F)c1.Cc1ccc(C(C)(C)C)c(F)c1.[2H]c1c([2H])c(C(C)(C)C)c([2H])c([2H])c1C. The zero-order chi connectivity index (χ0) is 81.0. The lowest BCUT2D eigenvalue weighted by atomic mass is 9.85. The highest BCUT2D eigenvalue weighted by Gasteiger charge is 2.25. The van der Waals surface area contributed by atoms with E-state index in [1.807, 2.05) is 117 Å². The summed E-state index contributed by atoms with van der Waals surface area (Å²) in [6.07, 6.45) is 1.71. The van der Waals surface area contributed by atoms with Gasteiger partial charge in [-0.1, -0.05) is 283 Å². The van der Waals surface area contributed by atoms with E-state index in [4.69, 9.17) is 9.90 Å². The minimum absolute atomic E-state index is 0.0703. The maximum atomic E-state index is 13.4. The molecule has 100 heavy (non-hydrogen) atoms. The Balaban J connectivity index is 0.000000587. The Morgan fingerprint density at radius 2 is 0.720 bits per heavy atom. The van der Waals surface area contributed by atoms with Crippen LogP contribution in [0.2, 0.25) is 0 Å². The van der Waals surface area contributed by atoms with E-state index >= 15 is 0 Å². The van der Waals surface area contributed by atoms with Crippen molar-refractivity contribution in [2.45, 2.75) is 263 Å². The second-order valence-electron chi connectivity index (χ2n) is 34.3. The van der Waals surface area contributed by atoms with Gasteiger partial charge in [0.2, 0.25) is 0 Å². The van der Waals surface area contributed by atoms with Crippen molar-refractivity contribution in [1.29, 1.82) is 0 Å². The van der Waals surface area contributed by atoms with Crippen LogP contribution in [0.1, 0.15) is 264 Å². The van der Waals surface area contributed by atoms with Gasteiger partial charge in [0.05, 0.1) is 11.7 Å². The smallest absolute Gasteiger partial charge is 0.130 e. The van der Waals surface area contributed by atoms with E-state index in [-0.39, 0.29) is 79.6 Å². The van der Waals surface area contributed by atoms with E-state index in [0.717, 1.165) is 16.9 Å². The summed E-state index contributed by atoms with van der Waals surface area (Å²) in [5.41, 5.74) is 6.21. The average Bonchev–Trinajstić information content (AvgIpc) is 0.855. The van der Waals surface area contributed by atoms with Crippen LogP contribution in [0.3, 0.4) is 0 Å². The fraction of sp³-hybridized carbons (Fsp3) is 0.444. The number of furan rings is 1. The van der Waals surface area contributed by atoms with Crippen molar-refractivity contribution < 1.29 is 45.0 Å². The van der Waals surface area contributed by atoms with Crippen molar-refractivity contribution in [3.05, 3.63) is 294 Å². The third-order valence-electron chi connectivity index (χ3n) is 15.1. The van der Waals surface area contributed by atoms with E-state index in [0.29, 0.717) is 33.1 Å². The Hall–Kier alpha value is -7.04. The van der Waals surface area contributed by atoms with Gasteiger partial charge in [0, 0.05) is 27.0 Å². The van der Waals surface area contributed by atoms with E-state index in [1.54, 1.807) is 67.7 Å². The number of benzene rings is 7. The Morgan fingerprint density at radius 1 is 0.300 bits per heavy atom. The molecule has 10 heteroatoms. The molecule has 0 spiro atoms. The highest BCUT2D eigenvalue weighted by atomic mass is 32.1. The van der Waals surface area contributed by atoms with Gasteiger partial charge in [-0.25, -0.2) is 35.1 Å². The fourth-order valence-electron chi connectivity index (χ4n) is 8.99. The van der Waals surface area contributed by atoms with Gasteiger partial charge in [0.1, 0.15) is 52.3 Å². The molecule has 0 radical (unpaired) electrons. The summed E-state index contributed by atoms with van der Waals surface area (Å²) in [4.78, 5) is 1.46. The number of hydrogen-bond donors (Lipinski definition) is 0. The Bertz CT molecular complexity index is 3920. The topological polar surface area (TPSA) is 13.1 Å². The van der Waals surface area contributed by atoms with Crippen molar-refractivity contribution in [2.75, 3.05) is 0 Å². The third kappa shape index (κ3) is 33.6. The number of halogens is 8. The molecule has 0 unspecified atom stereocenters. The van der Waals surface area contributed by atoms with Gasteiger partial charge in [0.15, 0.2) is 0 Å². The molecule has 9 aromatic rings. The zero-order valence-electron chi connectivity index (χ0n) is 70.3. The summed E-state index contributed by atoms with van der Waals surface area (Å²) in [6.45, 7) is 61.0. The normalized spacial score (nSPS) is 12.3. The molecule has 0 aliphatic carbocycles. The molecule has 0 aliphatic rings. The molecule has 0 fully saturated rings. The van der Waals surface area contributed by atoms with Crippen LogP contribution in [-0.2, 0) is 48.7 Å². The van der Waals surface area contributed by atoms with Gasteiger partial charge >= 0.3 is 0 Å². The molecule has 0 N–H and O–H groups in total. The third-order valence-corrected chi connectivity index (χ3v) is 16.4. The standard InChI is InChI=1S/2C11H14F2.C11H15F.C11H16.C10H12F2.C10H13F.C10H14.C8H12O.C8H12S/c1-7-9(12)5-8(6-10(7)13)11(2,3)4;1-7-5-8(12)10(9(13)6-7)11(2,3)4;1-8-5-6-9(10(12)7-8)11(2,3)4;1-9-5-7-10(8-6-9)11(2,3)4;1-10(2,3)9-7(11)5-4-6-8(9)12;1-10(2,3)8-4-6-9(11)7-5-8;1-10(2,3)9-7-5-4-6-8-9;2*1-8(2,3)7-5-4-6-9-7/h2*5-6H,1-4H3;5-7H,1-4H3;5-8H,1-4H3;4-6H,1-3H3;4-7H,1-3H3;4-8H,1-3H3;2*4-6H,1-3H3/i;;;5D,6D,7D,8D;;;;;. The van der Waals surface area contributed by atoms with Crippen molar-refractivity contribution in [1.82, 2.24) is 0 Å². The van der Waals surface area contributed by atoms with E-state index in [2.05, 4.69) is 131 Å². The molecule has 550 valence electrons. The first-order valence-corrected chi connectivity index (χ1v) is 35.0. The Morgan fingerprint density at radius 3 is 1.03 bits per heavy atom. The molecule has 0 amide bonds. The first-order chi connectivity index (χ1) is 47.0. The maximum absolute atomic E-state index is 13.4. The first-order valence-electron chi connectivity index (χ1n) is 36.1. The Kier molecular flexibility index (Phi) is 32.0. The summed E-state index contributed by atoms with van der Waals surface area (Å²) < 4.78 is 141. The maximum Gasteiger partial charge on any atom is 0.130 e. The highest BCUT2D eigenvalue weighted by molar-refractivity contribution is 7.10. The largest absolute Gasteiger partial charge is 0.469 e. The molecule has 0 aliphatic heterocycles. The predicted molar refractivity (Wildman–Crippen MR) is 415 cm³/mol. The van der Waals surface area contributed by atoms with Gasteiger partial charge in [-0.15, -0.1) is 11.3 Å². The van der Waals surface area contributed by atoms with Gasteiger partial charge in [-0.3, -0.25) is 0 Å². The van der Waals surface area contributed by atoms with Gasteiger partial charge in [-0.2, -0.15) is 0 Å². The lowest BCUT2D eigenvalue weighted by molar-refractivity contribution is 0.409. The molecule has 2 heterocycles. The molecule has 0 saturated heterocycles. The number of thiophene rings is 1. The molecule has 2 aromatic heterocycles. The lowest BCUT2D eigenvalue weighted by Gasteiger charge is -2.20. The van der Waals surface area contributed by atoms with Crippen LogP contribution < -0.4 is 0 Å². The first kappa shape index (κ1) is 83.6. The van der Waals surface area contributed by atoms with Crippen LogP contribution in [0.15, 0.2) is 180 Å². The molecule has 0 saturated carbocycles. The summed E-state index contributed by atoms with van der Waals surface area (Å²) in [5, 5.41) is 2.13. The minimum Gasteiger partial charge on any atom is -0.469 e. The highest BCUT2D eigenvalue weighted by Crippen LogP contribution is 2.32. The van der Waals surface area contributed by atoms with Gasteiger partial charge in [0.25, 0.3) is 0 Å². The van der Waals surface area contributed by atoms with Crippen molar-refractivity contribution in [3.8, 4) is 0 Å². The average molecular weight is 1410 g/mol. The summed E-state index contributed by atoms with van der Waals surface area (Å²) in [7, 11) is 0. The molecule has 7 aromatic carbocycles. The summed E-state index contributed by atoms with van der Waals surface area (Å²) >= 11 is 1.83.